The Kier molecular flexibility index (Phi) is 7.47. The van der Waals surface area contributed by atoms with E-state index < -0.39 is 0 Å². The predicted octanol–water partition coefficient (Wildman–Crippen LogP) is 7.33. The summed E-state index contributed by atoms with van der Waals surface area (Å²) in [5, 5.41) is 0. The molecule has 2 fully saturated rings. The van der Waals surface area contributed by atoms with Crippen LogP contribution in [0.4, 0.5) is 0 Å². The first kappa shape index (κ1) is 23.1. The zero-order valence-corrected chi connectivity index (χ0v) is 20.1. The van der Waals surface area contributed by atoms with E-state index in [1.165, 1.54) is 42.4 Å². The lowest BCUT2D eigenvalue weighted by Gasteiger charge is -2.46. The number of rotatable bonds is 8. The smallest absolute Gasteiger partial charge is 0.136 e. The lowest BCUT2D eigenvalue weighted by atomic mass is 9.58. The zero-order valence-electron chi connectivity index (χ0n) is 20.1. The Labute approximate surface area is 184 Å². The zero-order chi connectivity index (χ0) is 21.9. The molecule has 0 spiro atoms. The first-order valence-corrected chi connectivity index (χ1v) is 12.1. The van der Waals surface area contributed by atoms with Crippen LogP contribution in [-0.2, 0) is 11.2 Å². The standard InChI is InChI=1S/C28H42O2/c1-19(2)8-7-9-21(4)25-14-15-26-24(27(29)16-17-28(25,26)5)13-11-22-18-23(30-6)12-10-20(22)3/h8,10,12,18,21,24-26H,7,9,11,13-17H2,1-6H3/t21-,24-,25-,26-,28-/m1/s1. The summed E-state index contributed by atoms with van der Waals surface area (Å²) in [5.41, 5.74) is 4.40. The third-order valence-corrected chi connectivity index (χ3v) is 8.43. The lowest BCUT2D eigenvalue weighted by Crippen LogP contribution is -2.43. The monoisotopic (exact) mass is 410 g/mol. The molecule has 0 heterocycles. The highest BCUT2D eigenvalue weighted by atomic mass is 16.5. The highest BCUT2D eigenvalue weighted by molar-refractivity contribution is 5.82. The number of hydrogen-bond donors (Lipinski definition) is 0. The number of fused-ring (bicyclic) bond motifs is 1. The van der Waals surface area contributed by atoms with E-state index in [9.17, 15) is 4.79 Å². The maximum absolute atomic E-state index is 13.0. The Morgan fingerprint density at radius 2 is 2.07 bits per heavy atom. The van der Waals surface area contributed by atoms with E-state index in [1.54, 1.807) is 7.11 Å². The predicted molar refractivity (Wildman–Crippen MR) is 126 cm³/mol. The molecule has 2 aliphatic rings. The van der Waals surface area contributed by atoms with Gasteiger partial charge in [0.2, 0.25) is 0 Å². The number of hydrogen-bond acceptors (Lipinski definition) is 2. The van der Waals surface area contributed by atoms with E-state index in [0.717, 1.165) is 43.3 Å². The maximum atomic E-state index is 13.0. The van der Waals surface area contributed by atoms with Crippen LogP contribution in [0.3, 0.4) is 0 Å². The maximum Gasteiger partial charge on any atom is 0.136 e. The number of ketones is 1. The van der Waals surface area contributed by atoms with E-state index in [1.807, 2.05) is 6.07 Å². The summed E-state index contributed by atoms with van der Waals surface area (Å²) < 4.78 is 5.42. The first-order chi connectivity index (χ1) is 14.3. The molecule has 0 aliphatic heterocycles. The molecule has 0 aromatic heterocycles. The van der Waals surface area contributed by atoms with Crippen molar-refractivity contribution >= 4 is 5.78 Å². The van der Waals surface area contributed by atoms with Crippen LogP contribution in [0.25, 0.3) is 0 Å². The van der Waals surface area contributed by atoms with Crippen LogP contribution in [0, 0.1) is 36.0 Å². The summed E-state index contributed by atoms with van der Waals surface area (Å²) in [6.07, 6.45) is 11.3. The Morgan fingerprint density at radius 3 is 2.77 bits per heavy atom. The van der Waals surface area contributed by atoms with Gasteiger partial charge in [0.25, 0.3) is 0 Å². The van der Waals surface area contributed by atoms with Crippen LogP contribution in [0.5, 0.6) is 5.75 Å². The Bertz CT molecular complexity index is 773. The summed E-state index contributed by atoms with van der Waals surface area (Å²) in [7, 11) is 1.72. The number of carbonyl (C=O) groups excluding carboxylic acids is 1. The van der Waals surface area contributed by atoms with Gasteiger partial charge in [-0.3, -0.25) is 4.79 Å². The molecule has 2 aliphatic carbocycles. The second-order valence-corrected chi connectivity index (χ2v) is 10.5. The normalized spacial score (nSPS) is 29.4. The lowest BCUT2D eigenvalue weighted by molar-refractivity contribution is -0.132. The van der Waals surface area contributed by atoms with Gasteiger partial charge >= 0.3 is 0 Å². The summed E-state index contributed by atoms with van der Waals surface area (Å²) in [5.74, 6) is 3.76. The van der Waals surface area contributed by atoms with Crippen LogP contribution in [0.1, 0.15) is 83.8 Å². The van der Waals surface area contributed by atoms with Crippen molar-refractivity contribution in [2.24, 2.45) is 29.1 Å². The molecular weight excluding hydrogens is 368 g/mol. The van der Waals surface area contributed by atoms with Crippen LogP contribution < -0.4 is 4.74 Å². The largest absolute Gasteiger partial charge is 0.497 e. The van der Waals surface area contributed by atoms with Crippen LogP contribution in [0.15, 0.2) is 29.8 Å². The molecule has 0 saturated heterocycles. The molecule has 5 atom stereocenters. The van der Waals surface area contributed by atoms with Gasteiger partial charge in [-0.15, -0.1) is 0 Å². The number of allylic oxidation sites excluding steroid dienone is 2. The highest BCUT2D eigenvalue weighted by Gasteiger charge is 2.54. The number of Topliss-reactive ketones (excluding diaryl/α,β-unsaturated/α-hetero) is 1. The quantitative estimate of drug-likeness (QED) is 0.419. The van der Waals surface area contributed by atoms with Crippen molar-refractivity contribution in [3.63, 3.8) is 0 Å². The summed E-state index contributed by atoms with van der Waals surface area (Å²) in [6, 6.07) is 6.32. The minimum atomic E-state index is 0.240. The minimum absolute atomic E-state index is 0.240. The molecule has 2 nitrogen and oxygen atoms in total. The third-order valence-electron chi connectivity index (χ3n) is 8.43. The summed E-state index contributed by atoms with van der Waals surface area (Å²) in [6.45, 7) is 11.5. The third kappa shape index (κ3) is 4.84. The van der Waals surface area contributed by atoms with Crippen molar-refractivity contribution < 1.29 is 9.53 Å². The Morgan fingerprint density at radius 1 is 1.30 bits per heavy atom. The molecule has 0 unspecified atom stereocenters. The molecule has 1 aromatic rings. The average Bonchev–Trinajstić information content (AvgIpc) is 3.05. The molecule has 1 aromatic carbocycles. The van der Waals surface area contributed by atoms with Gasteiger partial charge in [0.05, 0.1) is 7.11 Å². The van der Waals surface area contributed by atoms with Crippen molar-refractivity contribution in [3.05, 3.63) is 41.0 Å². The van der Waals surface area contributed by atoms with Gasteiger partial charge < -0.3 is 4.74 Å². The topological polar surface area (TPSA) is 26.3 Å². The molecule has 3 rings (SSSR count). The fourth-order valence-corrected chi connectivity index (χ4v) is 6.62. The van der Waals surface area contributed by atoms with Crippen molar-refractivity contribution in [3.8, 4) is 5.75 Å². The molecular formula is C28H42O2. The van der Waals surface area contributed by atoms with Crippen LogP contribution >= 0.6 is 0 Å². The minimum Gasteiger partial charge on any atom is -0.497 e. The second kappa shape index (κ2) is 9.71. The fourth-order valence-electron chi connectivity index (χ4n) is 6.62. The van der Waals surface area contributed by atoms with Crippen molar-refractivity contribution in [1.29, 1.82) is 0 Å². The summed E-state index contributed by atoms with van der Waals surface area (Å²) in [4.78, 5) is 13.0. The second-order valence-electron chi connectivity index (χ2n) is 10.5. The van der Waals surface area contributed by atoms with Gasteiger partial charge in [0.1, 0.15) is 11.5 Å². The van der Waals surface area contributed by atoms with Gasteiger partial charge in [-0.2, -0.15) is 0 Å². The Balaban J connectivity index is 1.70. The Hall–Kier alpha value is -1.57. The number of ether oxygens (including phenoxy) is 1. The molecule has 0 radical (unpaired) electrons. The number of carbonyl (C=O) groups is 1. The SMILES string of the molecule is COc1ccc(C)c(CC[C@H]2C(=O)CC[C@]3(C)[C@@H]([C@H](C)CCC=C(C)C)CC[C@H]23)c1. The number of methoxy groups -OCH3 is 1. The van der Waals surface area contributed by atoms with Gasteiger partial charge in [0, 0.05) is 12.3 Å². The van der Waals surface area contributed by atoms with E-state index in [-0.39, 0.29) is 5.92 Å². The van der Waals surface area contributed by atoms with E-state index in [4.69, 9.17) is 4.74 Å². The van der Waals surface area contributed by atoms with E-state index >= 15 is 0 Å². The van der Waals surface area contributed by atoms with Gasteiger partial charge in [-0.1, -0.05) is 31.6 Å². The van der Waals surface area contributed by atoms with Crippen molar-refractivity contribution in [1.82, 2.24) is 0 Å². The van der Waals surface area contributed by atoms with E-state index in [0.29, 0.717) is 17.1 Å². The fraction of sp³-hybridized carbons (Fsp3) is 0.679. The molecule has 166 valence electrons. The van der Waals surface area contributed by atoms with Gasteiger partial charge in [-0.05, 0) is 112 Å². The van der Waals surface area contributed by atoms with Crippen LogP contribution in [0.2, 0.25) is 0 Å². The highest BCUT2D eigenvalue weighted by Crippen LogP contribution is 2.59. The van der Waals surface area contributed by atoms with Crippen molar-refractivity contribution in [2.75, 3.05) is 7.11 Å². The van der Waals surface area contributed by atoms with Crippen LogP contribution in [-0.4, -0.2) is 12.9 Å². The van der Waals surface area contributed by atoms with E-state index in [2.05, 4.69) is 52.8 Å². The average molecular weight is 411 g/mol. The number of benzene rings is 1. The molecule has 30 heavy (non-hydrogen) atoms. The number of aryl methyl sites for hydroxylation is 2. The molecule has 0 bridgehead atoms. The molecule has 2 heteroatoms. The van der Waals surface area contributed by atoms with Gasteiger partial charge in [-0.25, -0.2) is 0 Å². The van der Waals surface area contributed by atoms with Crippen molar-refractivity contribution in [2.45, 2.75) is 86.0 Å². The van der Waals surface area contributed by atoms with Gasteiger partial charge in [0.15, 0.2) is 0 Å². The first-order valence-electron chi connectivity index (χ1n) is 12.1. The molecule has 0 amide bonds. The molecule has 0 N–H and O–H groups in total. The summed E-state index contributed by atoms with van der Waals surface area (Å²) >= 11 is 0. The molecule has 2 saturated carbocycles.